The third kappa shape index (κ3) is 2.16. The molecule has 0 fully saturated rings. The normalized spacial score (nSPS) is 12.2. The minimum atomic E-state index is -0.136. The number of rotatable bonds is 2. The van der Waals surface area contributed by atoms with Crippen LogP contribution in [0.1, 0.15) is 15.9 Å². The summed E-state index contributed by atoms with van der Waals surface area (Å²) in [6, 6.07) is 22.8. The van der Waals surface area contributed by atoms with Crippen molar-refractivity contribution in [2.75, 3.05) is 0 Å². The van der Waals surface area contributed by atoms with Crippen LogP contribution in [0.2, 0.25) is 0 Å². The maximum Gasteiger partial charge on any atom is 0.263 e. The molecule has 3 aromatic carbocycles. The average molecular weight is 355 g/mol. The van der Waals surface area contributed by atoms with Crippen molar-refractivity contribution in [3.8, 4) is 11.1 Å². The first kappa shape index (κ1) is 15.2. The molecule has 0 saturated heterocycles. The Bertz CT molecular complexity index is 1240. The minimum absolute atomic E-state index is 0.00131. The highest BCUT2D eigenvalue weighted by atomic mass is 32.2. The second kappa shape index (κ2) is 5.71. The Morgan fingerprint density at radius 1 is 0.692 bits per heavy atom. The number of nitrogens with one attached hydrogen (secondary N) is 1. The molecule has 124 valence electrons. The van der Waals surface area contributed by atoms with E-state index in [9.17, 15) is 9.59 Å². The maximum atomic E-state index is 13.0. The molecule has 5 rings (SSSR count). The van der Waals surface area contributed by atoms with E-state index in [1.807, 2.05) is 72.8 Å². The van der Waals surface area contributed by atoms with Gasteiger partial charge >= 0.3 is 0 Å². The zero-order valence-electron chi connectivity index (χ0n) is 13.7. The molecule has 0 unspecified atom stereocenters. The van der Waals surface area contributed by atoms with Crippen LogP contribution < -0.4 is 5.56 Å². The van der Waals surface area contributed by atoms with Crippen molar-refractivity contribution in [1.82, 2.24) is 4.98 Å². The summed E-state index contributed by atoms with van der Waals surface area (Å²) in [4.78, 5) is 30.4. The molecule has 0 bridgehead atoms. The number of aromatic amines is 1. The van der Waals surface area contributed by atoms with Gasteiger partial charge in [0.25, 0.3) is 5.56 Å². The molecule has 3 nitrogen and oxygen atoms in total. The van der Waals surface area contributed by atoms with Crippen molar-refractivity contribution in [3.05, 3.63) is 94.3 Å². The van der Waals surface area contributed by atoms with Gasteiger partial charge < -0.3 is 4.98 Å². The predicted octanol–water partition coefficient (Wildman–Crippen LogP) is 4.89. The number of fused-ring (bicyclic) bond motifs is 2. The lowest BCUT2D eigenvalue weighted by Gasteiger charge is -2.21. The van der Waals surface area contributed by atoms with Crippen LogP contribution in [0.25, 0.3) is 22.0 Å². The van der Waals surface area contributed by atoms with Crippen molar-refractivity contribution in [2.24, 2.45) is 0 Å². The Balaban J connectivity index is 1.91. The summed E-state index contributed by atoms with van der Waals surface area (Å²) < 4.78 is 0. The number of benzene rings is 3. The smallest absolute Gasteiger partial charge is 0.263 e. The van der Waals surface area contributed by atoms with Crippen LogP contribution in [0.5, 0.6) is 0 Å². The first-order valence-electron chi connectivity index (χ1n) is 8.30. The fourth-order valence-electron chi connectivity index (χ4n) is 3.53. The average Bonchev–Trinajstić information content (AvgIpc) is 2.68. The molecule has 26 heavy (non-hydrogen) atoms. The molecule has 0 amide bonds. The van der Waals surface area contributed by atoms with Crippen LogP contribution in [-0.4, -0.2) is 10.8 Å². The number of ketones is 1. The Morgan fingerprint density at radius 3 is 2.19 bits per heavy atom. The van der Waals surface area contributed by atoms with E-state index in [-0.39, 0.29) is 11.3 Å². The van der Waals surface area contributed by atoms with Gasteiger partial charge in [-0.15, -0.1) is 0 Å². The van der Waals surface area contributed by atoms with E-state index in [4.69, 9.17) is 0 Å². The van der Waals surface area contributed by atoms with E-state index in [0.29, 0.717) is 21.5 Å². The van der Waals surface area contributed by atoms with Gasteiger partial charge in [-0.1, -0.05) is 66.4 Å². The number of pyridine rings is 1. The van der Waals surface area contributed by atoms with Gasteiger partial charge in [0.15, 0.2) is 5.78 Å². The highest BCUT2D eigenvalue weighted by molar-refractivity contribution is 7.99. The molecule has 0 spiro atoms. The first-order valence-corrected chi connectivity index (χ1v) is 9.12. The van der Waals surface area contributed by atoms with E-state index in [1.54, 1.807) is 0 Å². The van der Waals surface area contributed by atoms with E-state index in [0.717, 1.165) is 21.4 Å². The molecule has 1 heterocycles. The highest BCUT2D eigenvalue weighted by Gasteiger charge is 2.28. The number of carbonyl (C=O) groups is 1. The summed E-state index contributed by atoms with van der Waals surface area (Å²) in [7, 11) is 0. The number of carbonyl (C=O) groups excluding carboxylic acids is 1. The summed E-state index contributed by atoms with van der Waals surface area (Å²) >= 11 is 1.43. The Labute approximate surface area is 153 Å². The second-order valence-electron chi connectivity index (χ2n) is 6.18. The molecular formula is C22H13NO2S. The Hall–Kier alpha value is -3.11. The van der Waals surface area contributed by atoms with Gasteiger partial charge in [0.05, 0.1) is 4.90 Å². The van der Waals surface area contributed by atoms with Gasteiger partial charge in [-0.25, -0.2) is 0 Å². The van der Waals surface area contributed by atoms with Gasteiger partial charge in [-0.05, 0) is 23.8 Å². The van der Waals surface area contributed by atoms with Crippen LogP contribution in [-0.2, 0) is 0 Å². The summed E-state index contributed by atoms with van der Waals surface area (Å²) in [5.41, 5.74) is 3.52. The molecular weight excluding hydrogens is 342 g/mol. The van der Waals surface area contributed by atoms with Gasteiger partial charge in [0, 0.05) is 32.5 Å². The monoisotopic (exact) mass is 355 g/mol. The van der Waals surface area contributed by atoms with Gasteiger partial charge in [0.2, 0.25) is 0 Å². The van der Waals surface area contributed by atoms with Gasteiger partial charge in [-0.3, -0.25) is 9.59 Å². The number of hydrogen-bond donors (Lipinski definition) is 1. The van der Waals surface area contributed by atoms with E-state index < -0.39 is 0 Å². The van der Waals surface area contributed by atoms with Crippen LogP contribution in [0.4, 0.5) is 0 Å². The summed E-state index contributed by atoms with van der Waals surface area (Å²) in [6.45, 7) is 0. The third-order valence-electron chi connectivity index (χ3n) is 4.64. The van der Waals surface area contributed by atoms with E-state index >= 15 is 0 Å². The highest BCUT2D eigenvalue weighted by Crippen LogP contribution is 2.43. The van der Waals surface area contributed by atoms with E-state index in [1.165, 1.54) is 11.8 Å². The fourth-order valence-corrected chi connectivity index (χ4v) is 4.51. The Morgan fingerprint density at radius 2 is 1.38 bits per heavy atom. The topological polar surface area (TPSA) is 49.9 Å². The molecule has 0 atom stereocenters. The molecule has 1 aliphatic rings. The number of H-pyrrole nitrogens is 1. The van der Waals surface area contributed by atoms with Crippen LogP contribution in [0.3, 0.4) is 0 Å². The zero-order chi connectivity index (χ0) is 17.7. The molecule has 0 aliphatic heterocycles. The minimum Gasteiger partial charge on any atom is -0.321 e. The van der Waals surface area contributed by atoms with Crippen LogP contribution >= 0.6 is 11.8 Å². The molecule has 0 radical (unpaired) electrons. The maximum absolute atomic E-state index is 13.0. The van der Waals surface area contributed by atoms with Crippen LogP contribution in [0.15, 0.2) is 87.4 Å². The first-order chi connectivity index (χ1) is 12.7. The molecule has 1 aromatic heterocycles. The number of aromatic nitrogens is 1. The largest absolute Gasteiger partial charge is 0.321 e. The van der Waals surface area contributed by atoms with Crippen molar-refractivity contribution in [2.45, 2.75) is 9.79 Å². The van der Waals surface area contributed by atoms with Crippen molar-refractivity contribution in [3.63, 3.8) is 0 Å². The quantitative estimate of drug-likeness (QED) is 0.490. The van der Waals surface area contributed by atoms with Crippen molar-refractivity contribution in [1.29, 1.82) is 0 Å². The molecule has 0 saturated carbocycles. The standard InChI is InChI=1S/C22H13NO2S/c24-20-15-10-5-4-9-14(15)19-18-16(20)11-6-12-17(18)23-22(25)21(19)26-13-7-2-1-3-8-13/h1-12H,(H,23,25). The lowest BCUT2D eigenvalue weighted by atomic mass is 9.84. The molecule has 4 heteroatoms. The predicted molar refractivity (Wildman–Crippen MR) is 104 cm³/mol. The molecule has 1 N–H and O–H groups in total. The number of hydrogen-bond acceptors (Lipinski definition) is 3. The molecule has 4 aromatic rings. The molecule has 1 aliphatic carbocycles. The van der Waals surface area contributed by atoms with Gasteiger partial charge in [0.1, 0.15) is 0 Å². The summed E-state index contributed by atoms with van der Waals surface area (Å²) in [5, 5.41) is 0.828. The summed E-state index contributed by atoms with van der Waals surface area (Å²) in [5.74, 6) is 0.00131. The Kier molecular flexibility index (Phi) is 3.33. The SMILES string of the molecule is O=C1c2ccccc2-c2c(Sc3ccccc3)c(=O)[nH]c3cccc1c23. The fraction of sp³-hybridized carbons (Fsp3) is 0. The lowest BCUT2D eigenvalue weighted by Crippen LogP contribution is -2.17. The van der Waals surface area contributed by atoms with E-state index in [2.05, 4.69) is 4.98 Å². The van der Waals surface area contributed by atoms with Gasteiger partial charge in [-0.2, -0.15) is 0 Å². The lowest BCUT2D eigenvalue weighted by molar-refractivity contribution is 0.104. The summed E-state index contributed by atoms with van der Waals surface area (Å²) in [6.07, 6.45) is 0. The second-order valence-corrected chi connectivity index (χ2v) is 7.26. The van der Waals surface area contributed by atoms with Crippen molar-refractivity contribution >= 4 is 28.4 Å². The van der Waals surface area contributed by atoms with Crippen molar-refractivity contribution < 1.29 is 4.79 Å². The zero-order valence-corrected chi connectivity index (χ0v) is 14.5. The van der Waals surface area contributed by atoms with Crippen LogP contribution in [0, 0.1) is 0 Å². The third-order valence-corrected chi connectivity index (χ3v) is 5.75.